The average molecular weight is 268 g/mol. The fourth-order valence-electron chi connectivity index (χ4n) is 1.82. The molecule has 1 heterocycles. The standard InChI is InChI=1S/C13H16O6/c14-6-9(15)10(16)11-12(13(17)19-11)18-7-8-4-2-1-3-5-8/h1-5,9-12,14-16H,6-7H2. The molecule has 1 aliphatic heterocycles. The quantitative estimate of drug-likeness (QED) is 0.585. The van der Waals surface area contributed by atoms with Crippen molar-refractivity contribution in [3.8, 4) is 0 Å². The minimum atomic E-state index is -1.36. The third-order valence-electron chi connectivity index (χ3n) is 2.97. The highest BCUT2D eigenvalue weighted by molar-refractivity contribution is 5.81. The van der Waals surface area contributed by atoms with Crippen molar-refractivity contribution < 1.29 is 29.6 Å². The molecule has 4 unspecified atom stereocenters. The van der Waals surface area contributed by atoms with Gasteiger partial charge in [0.2, 0.25) is 0 Å². The molecule has 0 spiro atoms. The molecule has 6 heteroatoms. The Kier molecular flexibility index (Phi) is 4.49. The van der Waals surface area contributed by atoms with Crippen LogP contribution in [0.3, 0.4) is 0 Å². The zero-order chi connectivity index (χ0) is 13.8. The average Bonchev–Trinajstić information content (AvgIpc) is 2.44. The van der Waals surface area contributed by atoms with Crippen molar-refractivity contribution in [2.24, 2.45) is 0 Å². The molecule has 1 saturated heterocycles. The van der Waals surface area contributed by atoms with E-state index in [0.29, 0.717) is 0 Å². The Morgan fingerprint density at radius 3 is 2.53 bits per heavy atom. The van der Waals surface area contributed by atoms with E-state index in [4.69, 9.17) is 14.6 Å². The van der Waals surface area contributed by atoms with Gasteiger partial charge in [0.15, 0.2) is 12.2 Å². The van der Waals surface area contributed by atoms with Gasteiger partial charge in [-0.05, 0) is 5.56 Å². The molecular formula is C13H16O6. The number of esters is 1. The molecule has 0 radical (unpaired) electrons. The van der Waals surface area contributed by atoms with Crippen LogP contribution in [0.25, 0.3) is 0 Å². The van der Waals surface area contributed by atoms with Gasteiger partial charge in [-0.3, -0.25) is 0 Å². The summed E-state index contributed by atoms with van der Waals surface area (Å²) >= 11 is 0. The van der Waals surface area contributed by atoms with E-state index < -0.39 is 37.0 Å². The summed E-state index contributed by atoms with van der Waals surface area (Å²) in [4.78, 5) is 11.3. The number of hydrogen-bond acceptors (Lipinski definition) is 6. The van der Waals surface area contributed by atoms with Crippen LogP contribution in [0.5, 0.6) is 0 Å². The first-order valence-electron chi connectivity index (χ1n) is 5.96. The summed E-state index contributed by atoms with van der Waals surface area (Å²) in [5.74, 6) is -0.579. The zero-order valence-electron chi connectivity index (χ0n) is 10.2. The smallest absolute Gasteiger partial charge is 0.339 e. The third kappa shape index (κ3) is 3.10. The molecule has 0 aliphatic carbocycles. The molecule has 0 aromatic heterocycles. The number of rotatable bonds is 6. The van der Waals surface area contributed by atoms with Gasteiger partial charge in [0.25, 0.3) is 0 Å². The summed E-state index contributed by atoms with van der Waals surface area (Å²) in [6.07, 6.45) is -4.58. The summed E-state index contributed by atoms with van der Waals surface area (Å²) in [5, 5.41) is 27.7. The molecule has 104 valence electrons. The lowest BCUT2D eigenvalue weighted by molar-refractivity contribution is -0.232. The lowest BCUT2D eigenvalue weighted by Crippen LogP contribution is -2.60. The second-order valence-corrected chi connectivity index (χ2v) is 4.36. The van der Waals surface area contributed by atoms with Crippen LogP contribution in [0.4, 0.5) is 0 Å². The number of hydrogen-bond donors (Lipinski definition) is 3. The summed E-state index contributed by atoms with van der Waals surface area (Å²) in [7, 11) is 0. The molecule has 4 atom stereocenters. The summed E-state index contributed by atoms with van der Waals surface area (Å²) in [5.41, 5.74) is 0.887. The minimum Gasteiger partial charge on any atom is -0.454 e. The predicted octanol–water partition coefficient (Wildman–Crippen LogP) is -0.789. The van der Waals surface area contributed by atoms with Crippen molar-refractivity contribution in [3.63, 3.8) is 0 Å². The molecule has 19 heavy (non-hydrogen) atoms. The van der Waals surface area contributed by atoms with E-state index in [-0.39, 0.29) is 6.61 Å². The van der Waals surface area contributed by atoms with Crippen LogP contribution in [-0.4, -0.2) is 52.3 Å². The Balaban J connectivity index is 1.90. The molecule has 1 aliphatic rings. The van der Waals surface area contributed by atoms with Crippen LogP contribution in [0, 0.1) is 0 Å². The highest BCUT2D eigenvalue weighted by Gasteiger charge is 2.49. The van der Waals surface area contributed by atoms with Gasteiger partial charge in [0, 0.05) is 0 Å². The normalized spacial score (nSPS) is 25.3. The van der Waals surface area contributed by atoms with E-state index >= 15 is 0 Å². The number of benzene rings is 1. The van der Waals surface area contributed by atoms with Crippen molar-refractivity contribution in [1.82, 2.24) is 0 Å². The van der Waals surface area contributed by atoms with Crippen LogP contribution < -0.4 is 0 Å². The van der Waals surface area contributed by atoms with Gasteiger partial charge in [0.1, 0.15) is 12.2 Å². The van der Waals surface area contributed by atoms with Crippen LogP contribution in [0.2, 0.25) is 0 Å². The van der Waals surface area contributed by atoms with Gasteiger partial charge in [-0.1, -0.05) is 30.3 Å². The van der Waals surface area contributed by atoms with Gasteiger partial charge >= 0.3 is 5.97 Å². The monoisotopic (exact) mass is 268 g/mol. The maximum atomic E-state index is 11.3. The first-order chi connectivity index (χ1) is 9.13. The fraction of sp³-hybridized carbons (Fsp3) is 0.462. The predicted molar refractivity (Wildman–Crippen MR) is 64.0 cm³/mol. The number of ether oxygens (including phenoxy) is 2. The molecule has 0 saturated carbocycles. The van der Waals surface area contributed by atoms with Crippen molar-refractivity contribution in [2.75, 3.05) is 6.61 Å². The molecule has 2 rings (SSSR count). The molecule has 0 bridgehead atoms. The van der Waals surface area contributed by atoms with Crippen molar-refractivity contribution >= 4 is 5.97 Å². The minimum absolute atomic E-state index is 0.207. The number of cyclic esters (lactones) is 1. The van der Waals surface area contributed by atoms with E-state index in [1.165, 1.54) is 0 Å². The number of carbonyl (C=O) groups excluding carboxylic acids is 1. The van der Waals surface area contributed by atoms with Crippen LogP contribution in [-0.2, 0) is 20.9 Å². The van der Waals surface area contributed by atoms with Gasteiger partial charge in [-0.2, -0.15) is 0 Å². The second-order valence-electron chi connectivity index (χ2n) is 4.36. The Bertz CT molecular complexity index is 420. The number of aliphatic hydroxyl groups is 3. The SMILES string of the molecule is O=C1OC(C(O)C(O)CO)C1OCc1ccccc1. The summed E-state index contributed by atoms with van der Waals surface area (Å²) in [6, 6.07) is 9.25. The Morgan fingerprint density at radius 2 is 1.95 bits per heavy atom. The van der Waals surface area contributed by atoms with Crippen LogP contribution >= 0.6 is 0 Å². The lowest BCUT2D eigenvalue weighted by atomic mass is 9.98. The molecule has 6 nitrogen and oxygen atoms in total. The maximum absolute atomic E-state index is 11.3. The largest absolute Gasteiger partial charge is 0.454 e. The van der Waals surface area contributed by atoms with E-state index in [2.05, 4.69) is 0 Å². The number of carbonyl (C=O) groups is 1. The molecule has 3 N–H and O–H groups in total. The van der Waals surface area contributed by atoms with Crippen molar-refractivity contribution in [3.05, 3.63) is 35.9 Å². The summed E-state index contributed by atoms with van der Waals surface area (Å²) < 4.78 is 10.1. The zero-order valence-corrected chi connectivity index (χ0v) is 10.2. The van der Waals surface area contributed by atoms with Crippen molar-refractivity contribution in [1.29, 1.82) is 0 Å². The first kappa shape index (κ1) is 14.0. The van der Waals surface area contributed by atoms with E-state index in [0.717, 1.165) is 5.56 Å². The van der Waals surface area contributed by atoms with E-state index in [1.807, 2.05) is 30.3 Å². The molecule has 1 aromatic carbocycles. The van der Waals surface area contributed by atoms with E-state index in [9.17, 15) is 15.0 Å². The molecule has 0 amide bonds. The molecular weight excluding hydrogens is 252 g/mol. The topological polar surface area (TPSA) is 96.2 Å². The van der Waals surface area contributed by atoms with Gasteiger partial charge in [-0.15, -0.1) is 0 Å². The fourth-order valence-corrected chi connectivity index (χ4v) is 1.82. The highest BCUT2D eigenvalue weighted by Crippen LogP contribution is 2.24. The highest BCUT2D eigenvalue weighted by atomic mass is 16.6. The number of aliphatic hydroxyl groups excluding tert-OH is 3. The Labute approximate surface area is 110 Å². The van der Waals surface area contributed by atoms with Crippen LogP contribution in [0.15, 0.2) is 30.3 Å². The van der Waals surface area contributed by atoms with Gasteiger partial charge in [-0.25, -0.2) is 4.79 Å². The van der Waals surface area contributed by atoms with Gasteiger partial charge < -0.3 is 24.8 Å². The lowest BCUT2D eigenvalue weighted by Gasteiger charge is -2.38. The van der Waals surface area contributed by atoms with Crippen LogP contribution in [0.1, 0.15) is 5.56 Å². The van der Waals surface area contributed by atoms with Gasteiger partial charge in [0.05, 0.1) is 13.2 Å². The Hall–Kier alpha value is -1.47. The maximum Gasteiger partial charge on any atom is 0.339 e. The Morgan fingerprint density at radius 1 is 1.26 bits per heavy atom. The molecule has 1 aromatic rings. The first-order valence-corrected chi connectivity index (χ1v) is 5.96. The summed E-state index contributed by atoms with van der Waals surface area (Å²) in [6.45, 7) is -0.403. The third-order valence-corrected chi connectivity index (χ3v) is 2.97. The van der Waals surface area contributed by atoms with E-state index in [1.54, 1.807) is 0 Å². The van der Waals surface area contributed by atoms with Crippen molar-refractivity contribution in [2.45, 2.75) is 31.0 Å². The second kappa shape index (κ2) is 6.12. The molecule has 1 fully saturated rings.